The van der Waals surface area contributed by atoms with Crippen molar-refractivity contribution in [1.29, 1.82) is 0 Å². The number of amides is 3. The number of carbonyl (C=O) groups excluding carboxylic acids is 3. The molecule has 1 spiro atoms. The monoisotopic (exact) mass is 583 g/mol. The molecule has 0 radical (unpaired) electrons. The number of anilines is 1. The summed E-state index contributed by atoms with van der Waals surface area (Å²) < 4.78 is 34.8. The highest BCUT2D eigenvalue weighted by Gasteiger charge is 2.72. The van der Waals surface area contributed by atoms with Crippen molar-refractivity contribution >= 4 is 35.0 Å². The molecule has 2 saturated heterocycles. The highest BCUT2D eigenvalue weighted by Crippen LogP contribution is 2.55. The number of nitrogens with zero attached hydrogens (tertiary/aromatic N) is 1. The molecule has 41 heavy (non-hydrogen) atoms. The van der Waals surface area contributed by atoms with Crippen molar-refractivity contribution < 1.29 is 27.9 Å². The van der Waals surface area contributed by atoms with E-state index in [0.717, 1.165) is 25.3 Å². The van der Waals surface area contributed by atoms with E-state index in [-0.39, 0.29) is 40.7 Å². The SMILES string of the molecule is CC1CCCC(NC(=O)C2N(Cc3ccccc3F)C(=O)[C@H]3C(C(=O)Nc4ccc(F)c(Cl)c4)[C@H]4C=C[C@@]23O4)C1C. The first kappa shape index (κ1) is 27.8. The minimum absolute atomic E-state index is 0.0722. The smallest absolute Gasteiger partial charge is 0.246 e. The van der Waals surface area contributed by atoms with Crippen molar-refractivity contribution in [3.63, 3.8) is 0 Å². The highest BCUT2D eigenvalue weighted by atomic mass is 35.5. The molecular formula is C31H32ClF2N3O4. The van der Waals surface area contributed by atoms with Gasteiger partial charge in [0.1, 0.15) is 23.3 Å². The minimum atomic E-state index is -1.39. The molecule has 7 nitrogen and oxygen atoms in total. The molecule has 2 bridgehead atoms. The zero-order valence-electron chi connectivity index (χ0n) is 22.8. The first-order valence-corrected chi connectivity index (χ1v) is 14.5. The Bertz CT molecular complexity index is 1440. The first-order chi connectivity index (χ1) is 19.6. The van der Waals surface area contributed by atoms with Crippen molar-refractivity contribution in [2.75, 3.05) is 5.32 Å². The third-order valence-electron chi connectivity index (χ3n) is 9.45. The Kier molecular flexibility index (Phi) is 7.14. The predicted molar refractivity (Wildman–Crippen MR) is 149 cm³/mol. The van der Waals surface area contributed by atoms with Gasteiger partial charge >= 0.3 is 0 Å². The number of hydrogen-bond acceptors (Lipinski definition) is 4. The summed E-state index contributed by atoms with van der Waals surface area (Å²) in [7, 11) is 0. The van der Waals surface area contributed by atoms with Crippen LogP contribution in [0.4, 0.5) is 14.5 Å². The molecule has 5 unspecified atom stereocenters. The summed E-state index contributed by atoms with van der Waals surface area (Å²) in [4.78, 5) is 43.2. The van der Waals surface area contributed by atoms with Crippen molar-refractivity contribution in [3.8, 4) is 0 Å². The lowest BCUT2D eigenvalue weighted by Crippen LogP contribution is -2.57. The minimum Gasteiger partial charge on any atom is -0.359 e. The van der Waals surface area contributed by atoms with Crippen LogP contribution in [-0.2, 0) is 25.7 Å². The van der Waals surface area contributed by atoms with E-state index in [1.165, 1.54) is 23.1 Å². The fourth-order valence-corrected chi connectivity index (χ4v) is 7.28. The number of hydrogen-bond donors (Lipinski definition) is 2. The Hall–Kier alpha value is -3.30. The van der Waals surface area contributed by atoms with Crippen LogP contribution in [0.25, 0.3) is 0 Å². The summed E-state index contributed by atoms with van der Waals surface area (Å²) >= 11 is 5.90. The van der Waals surface area contributed by atoms with Crippen LogP contribution in [0.2, 0.25) is 5.02 Å². The van der Waals surface area contributed by atoms with Gasteiger partial charge in [0, 0.05) is 23.8 Å². The molecule has 3 heterocycles. The standard InChI is InChI=1S/C31H32ClF2N3O4/c1-16-6-5-9-23(17(16)2)36-29(39)27-31-13-12-24(41-31)25(28(38)35-19-10-11-22(34)20(32)14-19)26(31)30(40)37(27)15-18-7-3-4-8-21(18)33/h3-4,7-8,10-14,16-17,23-27H,5-6,9,15H2,1-2H3,(H,35,38)(H,36,39)/t16?,17?,23?,24-,25?,26-,27?,31+/m1/s1. The molecule has 0 aromatic heterocycles. The molecule has 1 saturated carbocycles. The van der Waals surface area contributed by atoms with E-state index >= 15 is 0 Å². The van der Waals surface area contributed by atoms with Crippen LogP contribution in [0, 0.1) is 35.3 Å². The summed E-state index contributed by atoms with van der Waals surface area (Å²) in [6, 6.07) is 8.75. The van der Waals surface area contributed by atoms with Gasteiger partial charge in [-0.3, -0.25) is 14.4 Å². The highest BCUT2D eigenvalue weighted by molar-refractivity contribution is 6.31. The number of carbonyl (C=O) groups is 3. The third-order valence-corrected chi connectivity index (χ3v) is 9.73. The van der Waals surface area contributed by atoms with Crippen LogP contribution in [0.3, 0.4) is 0 Å². The molecule has 3 amide bonds. The summed E-state index contributed by atoms with van der Waals surface area (Å²) in [5.74, 6) is -3.73. The van der Waals surface area contributed by atoms with Gasteiger partial charge in [0.2, 0.25) is 17.7 Å². The maximum absolute atomic E-state index is 14.8. The summed E-state index contributed by atoms with van der Waals surface area (Å²) in [6.45, 7) is 4.14. The van der Waals surface area contributed by atoms with Crippen LogP contribution >= 0.6 is 11.6 Å². The Morgan fingerprint density at radius 1 is 1.10 bits per heavy atom. The molecule has 2 aromatic carbocycles. The van der Waals surface area contributed by atoms with Gasteiger partial charge in [-0.15, -0.1) is 0 Å². The van der Waals surface area contributed by atoms with Crippen LogP contribution in [0.1, 0.15) is 38.7 Å². The predicted octanol–water partition coefficient (Wildman–Crippen LogP) is 4.85. The lowest BCUT2D eigenvalue weighted by atomic mass is 9.73. The lowest BCUT2D eigenvalue weighted by molar-refractivity contribution is -0.142. The average molecular weight is 584 g/mol. The summed E-state index contributed by atoms with van der Waals surface area (Å²) in [6.07, 6.45) is 5.60. The van der Waals surface area contributed by atoms with Crippen LogP contribution in [0.5, 0.6) is 0 Å². The van der Waals surface area contributed by atoms with E-state index in [9.17, 15) is 23.2 Å². The van der Waals surface area contributed by atoms with Gasteiger partial charge in [0.25, 0.3) is 0 Å². The van der Waals surface area contributed by atoms with Gasteiger partial charge < -0.3 is 20.3 Å². The second kappa shape index (κ2) is 10.5. The van der Waals surface area contributed by atoms with E-state index in [1.54, 1.807) is 30.4 Å². The van der Waals surface area contributed by atoms with Gasteiger partial charge in [0.15, 0.2) is 0 Å². The van der Waals surface area contributed by atoms with Gasteiger partial charge in [-0.25, -0.2) is 8.78 Å². The van der Waals surface area contributed by atoms with E-state index in [2.05, 4.69) is 24.5 Å². The third kappa shape index (κ3) is 4.63. The van der Waals surface area contributed by atoms with Crippen molar-refractivity contribution in [2.45, 2.75) is 63.4 Å². The second-order valence-electron chi connectivity index (χ2n) is 11.8. The van der Waals surface area contributed by atoms with Gasteiger partial charge in [-0.2, -0.15) is 0 Å². The van der Waals surface area contributed by atoms with Crippen LogP contribution in [-0.4, -0.2) is 46.4 Å². The van der Waals surface area contributed by atoms with Gasteiger partial charge in [-0.1, -0.05) is 68.6 Å². The van der Waals surface area contributed by atoms with Gasteiger partial charge in [-0.05, 0) is 42.5 Å². The fraction of sp³-hybridized carbons (Fsp3) is 0.452. The van der Waals surface area contributed by atoms with E-state index in [1.807, 2.05) is 0 Å². The quantitative estimate of drug-likeness (QED) is 0.476. The van der Waals surface area contributed by atoms with E-state index in [4.69, 9.17) is 16.3 Å². The molecule has 3 fully saturated rings. The van der Waals surface area contributed by atoms with Crippen molar-refractivity contribution in [3.05, 3.63) is 76.8 Å². The number of rotatable bonds is 6. The lowest BCUT2D eigenvalue weighted by Gasteiger charge is -2.38. The maximum Gasteiger partial charge on any atom is 0.246 e. The van der Waals surface area contributed by atoms with Crippen molar-refractivity contribution in [2.24, 2.45) is 23.7 Å². The fourth-order valence-electron chi connectivity index (χ4n) is 7.09. The zero-order valence-corrected chi connectivity index (χ0v) is 23.5. The number of fused-ring (bicyclic) bond motifs is 1. The number of halogens is 3. The topological polar surface area (TPSA) is 87.7 Å². The number of benzene rings is 2. The Morgan fingerprint density at radius 2 is 1.88 bits per heavy atom. The molecule has 4 aliphatic rings. The molecule has 216 valence electrons. The second-order valence-corrected chi connectivity index (χ2v) is 12.2. The van der Waals surface area contributed by atoms with Crippen LogP contribution < -0.4 is 10.6 Å². The first-order valence-electron chi connectivity index (χ1n) is 14.1. The molecular weight excluding hydrogens is 552 g/mol. The largest absolute Gasteiger partial charge is 0.359 e. The van der Waals surface area contributed by atoms with E-state index < -0.39 is 53.0 Å². The molecule has 8 atom stereocenters. The molecule has 2 aromatic rings. The molecule has 1 aliphatic carbocycles. The van der Waals surface area contributed by atoms with Crippen molar-refractivity contribution in [1.82, 2.24) is 10.2 Å². The number of likely N-dealkylation sites (tertiary alicyclic amines) is 1. The van der Waals surface area contributed by atoms with E-state index in [0.29, 0.717) is 5.92 Å². The average Bonchev–Trinajstić information content (AvgIpc) is 3.58. The molecule has 2 N–H and O–H groups in total. The molecule has 6 rings (SSSR count). The Labute approximate surface area is 242 Å². The maximum atomic E-state index is 14.8. The zero-order chi connectivity index (χ0) is 29.1. The number of ether oxygens (including phenoxy) is 1. The van der Waals surface area contributed by atoms with Gasteiger partial charge in [0.05, 0.1) is 23.0 Å². The Morgan fingerprint density at radius 3 is 2.63 bits per heavy atom. The molecule has 3 aliphatic heterocycles. The Balaban J connectivity index is 1.34. The normalized spacial score (nSPS) is 33.6. The summed E-state index contributed by atoms with van der Waals surface area (Å²) in [5, 5.41) is 5.76. The molecule has 10 heteroatoms. The summed E-state index contributed by atoms with van der Waals surface area (Å²) in [5.41, 5.74) is -0.857. The number of nitrogens with one attached hydrogen (secondary N) is 2. The van der Waals surface area contributed by atoms with Crippen LogP contribution in [0.15, 0.2) is 54.6 Å².